The van der Waals surface area contributed by atoms with Gasteiger partial charge in [-0.1, -0.05) is 30.1 Å². The SMILES string of the molecule is CCOc1c(Cl)cc(Cl)cc1C(O)(CC)C(F)(F)F. The van der Waals surface area contributed by atoms with E-state index in [9.17, 15) is 18.3 Å². The Labute approximate surface area is 119 Å². The minimum atomic E-state index is -4.86. The van der Waals surface area contributed by atoms with E-state index in [1.54, 1.807) is 6.92 Å². The van der Waals surface area contributed by atoms with Gasteiger partial charge in [-0.05, 0) is 25.5 Å². The van der Waals surface area contributed by atoms with Crippen LogP contribution in [0.15, 0.2) is 12.1 Å². The van der Waals surface area contributed by atoms with Crippen molar-refractivity contribution < 1.29 is 23.0 Å². The van der Waals surface area contributed by atoms with E-state index in [0.717, 1.165) is 6.07 Å². The number of halogens is 5. The molecular weight excluding hydrogens is 304 g/mol. The van der Waals surface area contributed by atoms with Crippen molar-refractivity contribution in [2.24, 2.45) is 0 Å². The summed E-state index contributed by atoms with van der Waals surface area (Å²) in [4.78, 5) is 0. The Morgan fingerprint density at radius 2 is 1.79 bits per heavy atom. The first-order chi connectivity index (χ1) is 8.67. The van der Waals surface area contributed by atoms with Crippen LogP contribution in [0.5, 0.6) is 5.75 Å². The van der Waals surface area contributed by atoms with E-state index in [0.29, 0.717) is 0 Å². The predicted molar refractivity (Wildman–Crippen MR) is 67.9 cm³/mol. The number of rotatable bonds is 4. The Bertz CT molecular complexity index is 463. The zero-order valence-corrected chi connectivity index (χ0v) is 11.8. The molecule has 0 radical (unpaired) electrons. The summed E-state index contributed by atoms with van der Waals surface area (Å²) >= 11 is 11.6. The molecule has 0 aromatic heterocycles. The third kappa shape index (κ3) is 3.09. The molecule has 1 N–H and O–H groups in total. The molecule has 1 aromatic rings. The van der Waals surface area contributed by atoms with Gasteiger partial charge in [0.15, 0.2) is 5.60 Å². The smallest absolute Gasteiger partial charge is 0.421 e. The minimum Gasteiger partial charge on any atom is -0.492 e. The van der Waals surface area contributed by atoms with Crippen LogP contribution in [0.1, 0.15) is 25.8 Å². The van der Waals surface area contributed by atoms with Crippen LogP contribution in [0.2, 0.25) is 10.0 Å². The summed E-state index contributed by atoms with van der Waals surface area (Å²) in [5.41, 5.74) is -3.52. The summed E-state index contributed by atoms with van der Waals surface area (Å²) in [5.74, 6) is -0.199. The van der Waals surface area contributed by atoms with E-state index >= 15 is 0 Å². The highest BCUT2D eigenvalue weighted by Crippen LogP contribution is 2.47. The van der Waals surface area contributed by atoms with Gasteiger partial charge in [-0.15, -0.1) is 0 Å². The quantitative estimate of drug-likeness (QED) is 0.882. The summed E-state index contributed by atoms with van der Waals surface area (Å²) in [6, 6.07) is 2.29. The first kappa shape index (κ1) is 16.4. The maximum absolute atomic E-state index is 13.1. The molecule has 1 unspecified atom stereocenters. The Balaban J connectivity index is 3.54. The lowest BCUT2D eigenvalue weighted by Gasteiger charge is -2.31. The average molecular weight is 317 g/mol. The highest BCUT2D eigenvalue weighted by molar-refractivity contribution is 6.35. The van der Waals surface area contributed by atoms with Crippen LogP contribution in [0.25, 0.3) is 0 Å². The molecule has 19 heavy (non-hydrogen) atoms. The predicted octanol–water partition coefficient (Wildman–Crippen LogP) is 4.55. The number of benzene rings is 1. The lowest BCUT2D eigenvalue weighted by molar-refractivity contribution is -0.268. The third-order valence-electron chi connectivity index (χ3n) is 2.72. The number of aliphatic hydroxyl groups is 1. The Kier molecular flexibility index (Phi) is 4.98. The van der Waals surface area contributed by atoms with Crippen molar-refractivity contribution in [2.75, 3.05) is 6.61 Å². The summed E-state index contributed by atoms with van der Waals surface area (Å²) in [5, 5.41) is 9.89. The van der Waals surface area contributed by atoms with Gasteiger partial charge in [-0.25, -0.2) is 0 Å². The van der Waals surface area contributed by atoms with Crippen LogP contribution in [0, 0.1) is 0 Å². The van der Waals surface area contributed by atoms with Gasteiger partial charge in [0, 0.05) is 10.6 Å². The first-order valence-electron chi connectivity index (χ1n) is 5.58. The monoisotopic (exact) mass is 316 g/mol. The van der Waals surface area contributed by atoms with Crippen LogP contribution in [0.4, 0.5) is 13.2 Å². The largest absolute Gasteiger partial charge is 0.492 e. The maximum atomic E-state index is 13.1. The normalized spacial score (nSPS) is 15.2. The van der Waals surface area contributed by atoms with E-state index in [2.05, 4.69) is 0 Å². The Morgan fingerprint density at radius 3 is 2.21 bits per heavy atom. The summed E-state index contributed by atoms with van der Waals surface area (Å²) in [7, 11) is 0. The topological polar surface area (TPSA) is 29.5 Å². The fourth-order valence-corrected chi connectivity index (χ4v) is 2.25. The molecule has 108 valence electrons. The molecule has 0 heterocycles. The van der Waals surface area contributed by atoms with Gasteiger partial charge in [0.1, 0.15) is 5.75 Å². The van der Waals surface area contributed by atoms with Gasteiger partial charge >= 0.3 is 6.18 Å². The number of hydrogen-bond donors (Lipinski definition) is 1. The lowest BCUT2D eigenvalue weighted by Crippen LogP contribution is -2.42. The Hall–Kier alpha value is -0.650. The van der Waals surface area contributed by atoms with Crippen LogP contribution >= 0.6 is 23.2 Å². The fourth-order valence-electron chi connectivity index (χ4n) is 1.70. The van der Waals surface area contributed by atoms with Crippen LogP contribution in [0.3, 0.4) is 0 Å². The van der Waals surface area contributed by atoms with Crippen molar-refractivity contribution >= 4 is 23.2 Å². The van der Waals surface area contributed by atoms with Crippen molar-refractivity contribution in [1.29, 1.82) is 0 Å². The zero-order valence-electron chi connectivity index (χ0n) is 10.3. The molecule has 1 aromatic carbocycles. The van der Waals surface area contributed by atoms with Crippen molar-refractivity contribution in [3.05, 3.63) is 27.7 Å². The number of ether oxygens (including phenoxy) is 1. The number of alkyl halides is 3. The van der Waals surface area contributed by atoms with Crippen molar-refractivity contribution in [2.45, 2.75) is 32.0 Å². The molecule has 0 saturated heterocycles. The molecule has 1 rings (SSSR count). The molecule has 0 saturated carbocycles. The third-order valence-corrected chi connectivity index (χ3v) is 3.22. The van der Waals surface area contributed by atoms with Crippen LogP contribution < -0.4 is 4.74 Å². The first-order valence-corrected chi connectivity index (χ1v) is 6.34. The van der Waals surface area contributed by atoms with Crippen molar-refractivity contribution in [3.63, 3.8) is 0 Å². The molecule has 0 aliphatic rings. The Morgan fingerprint density at radius 1 is 1.21 bits per heavy atom. The molecule has 0 bridgehead atoms. The van der Waals surface area contributed by atoms with E-state index < -0.39 is 23.8 Å². The van der Waals surface area contributed by atoms with E-state index in [-0.39, 0.29) is 22.4 Å². The molecule has 7 heteroatoms. The van der Waals surface area contributed by atoms with E-state index in [1.807, 2.05) is 0 Å². The molecule has 0 aliphatic heterocycles. The second-order valence-electron chi connectivity index (χ2n) is 3.91. The molecule has 0 amide bonds. The average Bonchev–Trinajstić information content (AvgIpc) is 2.29. The van der Waals surface area contributed by atoms with E-state index in [1.165, 1.54) is 13.0 Å². The summed E-state index contributed by atoms with van der Waals surface area (Å²) in [6.45, 7) is 2.94. The van der Waals surface area contributed by atoms with E-state index in [4.69, 9.17) is 27.9 Å². The second kappa shape index (κ2) is 5.77. The maximum Gasteiger partial charge on any atom is 0.421 e. The lowest BCUT2D eigenvalue weighted by atomic mass is 9.89. The standard InChI is InChI=1S/C12H13Cl2F3O2/c1-3-11(18,12(15,16)17)8-5-7(13)6-9(14)10(8)19-4-2/h5-6,18H,3-4H2,1-2H3. The molecule has 0 aliphatic carbocycles. The van der Waals surface area contributed by atoms with Gasteiger partial charge < -0.3 is 9.84 Å². The zero-order chi connectivity index (χ0) is 14.8. The van der Waals surface area contributed by atoms with Crippen LogP contribution in [-0.2, 0) is 5.60 Å². The van der Waals surface area contributed by atoms with Crippen molar-refractivity contribution in [3.8, 4) is 5.75 Å². The molecule has 2 nitrogen and oxygen atoms in total. The van der Waals surface area contributed by atoms with Gasteiger partial charge in [0.05, 0.1) is 11.6 Å². The summed E-state index contributed by atoms with van der Waals surface area (Å²) < 4.78 is 44.4. The highest BCUT2D eigenvalue weighted by atomic mass is 35.5. The molecular formula is C12H13Cl2F3O2. The molecule has 0 fully saturated rings. The number of hydrogen-bond acceptors (Lipinski definition) is 2. The molecule has 0 spiro atoms. The summed E-state index contributed by atoms with van der Waals surface area (Å²) in [6.07, 6.45) is -5.44. The molecule has 1 atom stereocenters. The van der Waals surface area contributed by atoms with Gasteiger partial charge in [-0.2, -0.15) is 13.2 Å². The van der Waals surface area contributed by atoms with Gasteiger partial charge in [-0.3, -0.25) is 0 Å². The van der Waals surface area contributed by atoms with Gasteiger partial charge in [0.25, 0.3) is 0 Å². The van der Waals surface area contributed by atoms with Gasteiger partial charge in [0.2, 0.25) is 0 Å². The highest BCUT2D eigenvalue weighted by Gasteiger charge is 2.55. The van der Waals surface area contributed by atoms with Crippen molar-refractivity contribution in [1.82, 2.24) is 0 Å². The fraction of sp³-hybridized carbons (Fsp3) is 0.500. The minimum absolute atomic E-state index is 0.000391. The van der Waals surface area contributed by atoms with Crippen LogP contribution in [-0.4, -0.2) is 17.9 Å². The second-order valence-corrected chi connectivity index (χ2v) is 4.75.